The molecule has 1 aromatic rings. The molecule has 0 spiro atoms. The number of carbonyl (C=O) groups is 2. The third kappa shape index (κ3) is 6.33. The minimum Gasteiger partial charge on any atom is -0.379 e. The first-order valence-electron chi connectivity index (χ1n) is 6.76. The van der Waals surface area contributed by atoms with Gasteiger partial charge in [0, 0.05) is 24.4 Å². The summed E-state index contributed by atoms with van der Waals surface area (Å²) in [4.78, 5) is 22.9. The van der Waals surface area contributed by atoms with Crippen LogP contribution >= 0.6 is 0 Å². The Morgan fingerprint density at radius 1 is 1.30 bits per heavy atom. The zero-order chi connectivity index (χ0) is 15.0. The van der Waals surface area contributed by atoms with Crippen molar-refractivity contribution in [1.82, 2.24) is 5.32 Å². The lowest BCUT2D eigenvalue weighted by Gasteiger charge is -2.09. The summed E-state index contributed by atoms with van der Waals surface area (Å²) >= 11 is 0. The Balaban J connectivity index is 2.32. The van der Waals surface area contributed by atoms with E-state index in [2.05, 4.69) is 10.6 Å². The Hall–Kier alpha value is -1.88. The molecule has 5 heteroatoms. The monoisotopic (exact) mass is 278 g/mol. The van der Waals surface area contributed by atoms with Gasteiger partial charge in [0.25, 0.3) is 0 Å². The Bertz CT molecular complexity index is 458. The van der Waals surface area contributed by atoms with Crippen LogP contribution in [0.3, 0.4) is 0 Å². The third-order valence-corrected chi connectivity index (χ3v) is 2.58. The number of anilines is 1. The number of Topliss-reactive ketones (excluding diaryl/α,β-unsaturated/α-hetero) is 1. The summed E-state index contributed by atoms with van der Waals surface area (Å²) in [6, 6.07) is 6.57. The number of hydrogen-bond donors (Lipinski definition) is 2. The Morgan fingerprint density at radius 3 is 2.70 bits per heavy atom. The first-order valence-corrected chi connectivity index (χ1v) is 6.76. The molecule has 0 saturated heterocycles. The zero-order valence-corrected chi connectivity index (χ0v) is 12.2. The number of urea groups is 1. The summed E-state index contributed by atoms with van der Waals surface area (Å²) in [7, 11) is 0. The van der Waals surface area contributed by atoms with Gasteiger partial charge >= 0.3 is 6.03 Å². The van der Waals surface area contributed by atoms with E-state index in [0.717, 1.165) is 6.42 Å². The van der Waals surface area contributed by atoms with Gasteiger partial charge in [-0.2, -0.15) is 0 Å². The van der Waals surface area contributed by atoms with Gasteiger partial charge < -0.3 is 15.4 Å². The summed E-state index contributed by atoms with van der Waals surface area (Å²) < 4.78 is 5.37. The van der Waals surface area contributed by atoms with E-state index in [0.29, 0.717) is 24.4 Å². The number of ether oxygens (including phenoxy) is 1. The molecule has 0 heterocycles. The smallest absolute Gasteiger partial charge is 0.319 e. The van der Waals surface area contributed by atoms with Crippen LogP contribution in [0.15, 0.2) is 24.3 Å². The fourth-order valence-electron chi connectivity index (χ4n) is 1.58. The van der Waals surface area contributed by atoms with Gasteiger partial charge in [0.05, 0.1) is 6.10 Å². The highest BCUT2D eigenvalue weighted by atomic mass is 16.5. The Morgan fingerprint density at radius 2 is 2.05 bits per heavy atom. The molecule has 110 valence electrons. The van der Waals surface area contributed by atoms with Gasteiger partial charge in [-0.25, -0.2) is 4.79 Å². The quantitative estimate of drug-likeness (QED) is 0.595. The second-order valence-corrected chi connectivity index (χ2v) is 4.79. The van der Waals surface area contributed by atoms with Crippen molar-refractivity contribution < 1.29 is 14.3 Å². The third-order valence-electron chi connectivity index (χ3n) is 2.58. The number of rotatable bonds is 7. The molecule has 0 saturated carbocycles. The highest BCUT2D eigenvalue weighted by Crippen LogP contribution is 2.10. The molecule has 2 amide bonds. The van der Waals surface area contributed by atoms with Crippen LogP contribution in [0.25, 0.3) is 0 Å². The van der Waals surface area contributed by atoms with E-state index in [4.69, 9.17) is 4.74 Å². The topological polar surface area (TPSA) is 67.4 Å². The molecule has 0 aliphatic heterocycles. The van der Waals surface area contributed by atoms with Gasteiger partial charge in [-0.3, -0.25) is 4.79 Å². The van der Waals surface area contributed by atoms with E-state index < -0.39 is 0 Å². The molecule has 0 radical (unpaired) electrons. The maximum atomic E-state index is 11.6. The second kappa shape index (κ2) is 8.32. The molecular formula is C15H22N2O3. The fourth-order valence-corrected chi connectivity index (χ4v) is 1.58. The lowest BCUT2D eigenvalue weighted by molar-refractivity contribution is 0.0774. The first-order chi connectivity index (χ1) is 9.49. The zero-order valence-electron chi connectivity index (χ0n) is 12.2. The van der Waals surface area contributed by atoms with Crippen LogP contribution in [-0.2, 0) is 4.74 Å². The van der Waals surface area contributed by atoms with Gasteiger partial charge in [0.15, 0.2) is 5.78 Å². The molecule has 0 fully saturated rings. The molecule has 1 aromatic carbocycles. The van der Waals surface area contributed by atoms with Crippen molar-refractivity contribution in [3.63, 3.8) is 0 Å². The predicted molar refractivity (Wildman–Crippen MR) is 79.2 cm³/mol. The van der Waals surface area contributed by atoms with Crippen molar-refractivity contribution in [1.29, 1.82) is 0 Å². The van der Waals surface area contributed by atoms with Crippen molar-refractivity contribution in [3.05, 3.63) is 29.8 Å². The minimum atomic E-state index is -0.282. The lowest BCUT2D eigenvalue weighted by atomic mass is 10.1. The standard InChI is InChI=1S/C15H22N2O3/c1-11(2)20-9-5-8-16-15(19)17-14-7-4-6-13(10-14)12(3)18/h4,6-7,10-11H,5,8-9H2,1-3H3,(H2,16,17,19). The van der Waals surface area contributed by atoms with Crippen LogP contribution in [0.2, 0.25) is 0 Å². The molecule has 0 bridgehead atoms. The molecule has 0 unspecified atom stereocenters. The van der Waals surface area contributed by atoms with Crippen LogP contribution < -0.4 is 10.6 Å². The lowest BCUT2D eigenvalue weighted by Crippen LogP contribution is -2.30. The number of benzene rings is 1. The molecule has 0 aliphatic carbocycles. The average Bonchev–Trinajstić information content (AvgIpc) is 2.38. The summed E-state index contributed by atoms with van der Waals surface area (Å²) in [6.07, 6.45) is 0.970. The van der Waals surface area contributed by atoms with Gasteiger partial charge in [-0.05, 0) is 39.3 Å². The van der Waals surface area contributed by atoms with Gasteiger partial charge in [-0.1, -0.05) is 12.1 Å². The van der Waals surface area contributed by atoms with E-state index in [-0.39, 0.29) is 17.9 Å². The van der Waals surface area contributed by atoms with E-state index in [1.165, 1.54) is 6.92 Å². The molecule has 20 heavy (non-hydrogen) atoms. The number of hydrogen-bond acceptors (Lipinski definition) is 3. The highest BCUT2D eigenvalue weighted by Gasteiger charge is 2.04. The van der Waals surface area contributed by atoms with E-state index in [1.54, 1.807) is 24.3 Å². The maximum absolute atomic E-state index is 11.6. The van der Waals surface area contributed by atoms with Crippen LogP contribution in [0.5, 0.6) is 0 Å². The fraction of sp³-hybridized carbons (Fsp3) is 0.467. The van der Waals surface area contributed by atoms with Crippen molar-refractivity contribution in [3.8, 4) is 0 Å². The molecular weight excluding hydrogens is 256 g/mol. The summed E-state index contributed by atoms with van der Waals surface area (Å²) in [5.41, 5.74) is 1.18. The molecule has 5 nitrogen and oxygen atoms in total. The van der Waals surface area contributed by atoms with Crippen molar-refractivity contribution in [2.75, 3.05) is 18.5 Å². The Labute approximate surface area is 119 Å². The van der Waals surface area contributed by atoms with Gasteiger partial charge in [-0.15, -0.1) is 0 Å². The van der Waals surface area contributed by atoms with Gasteiger partial charge in [0.1, 0.15) is 0 Å². The number of carbonyl (C=O) groups excluding carboxylic acids is 2. The normalized spacial score (nSPS) is 10.4. The number of amides is 2. The van der Waals surface area contributed by atoms with E-state index >= 15 is 0 Å². The Kier molecular flexibility index (Phi) is 6.73. The van der Waals surface area contributed by atoms with Crippen molar-refractivity contribution in [2.24, 2.45) is 0 Å². The largest absolute Gasteiger partial charge is 0.379 e. The first kappa shape index (κ1) is 16.2. The summed E-state index contributed by atoms with van der Waals surface area (Å²) in [5, 5.41) is 5.43. The molecule has 2 N–H and O–H groups in total. The van der Waals surface area contributed by atoms with E-state index in [9.17, 15) is 9.59 Å². The molecule has 1 rings (SSSR count). The maximum Gasteiger partial charge on any atom is 0.319 e. The van der Waals surface area contributed by atoms with Gasteiger partial charge in [0.2, 0.25) is 0 Å². The summed E-state index contributed by atoms with van der Waals surface area (Å²) in [6.45, 7) is 6.61. The van der Waals surface area contributed by atoms with Crippen LogP contribution in [0.4, 0.5) is 10.5 Å². The second-order valence-electron chi connectivity index (χ2n) is 4.79. The van der Waals surface area contributed by atoms with E-state index in [1.807, 2.05) is 13.8 Å². The average molecular weight is 278 g/mol. The number of ketones is 1. The summed E-state index contributed by atoms with van der Waals surface area (Å²) in [5.74, 6) is -0.0279. The molecule has 0 aliphatic rings. The predicted octanol–water partition coefficient (Wildman–Crippen LogP) is 2.83. The molecule has 0 aromatic heterocycles. The number of nitrogens with one attached hydrogen (secondary N) is 2. The minimum absolute atomic E-state index is 0.0279. The highest BCUT2D eigenvalue weighted by molar-refractivity contribution is 5.96. The molecule has 0 atom stereocenters. The van der Waals surface area contributed by atoms with Crippen LogP contribution in [-0.4, -0.2) is 31.1 Å². The van der Waals surface area contributed by atoms with Crippen molar-refractivity contribution in [2.45, 2.75) is 33.3 Å². The van der Waals surface area contributed by atoms with Crippen LogP contribution in [0, 0.1) is 0 Å². The van der Waals surface area contributed by atoms with Crippen molar-refractivity contribution >= 4 is 17.5 Å². The van der Waals surface area contributed by atoms with Crippen LogP contribution in [0.1, 0.15) is 37.6 Å². The SMILES string of the molecule is CC(=O)c1cccc(NC(=O)NCCCOC(C)C)c1.